The molecule has 1 heterocycles. The number of amides is 1. The Labute approximate surface area is 155 Å². The quantitative estimate of drug-likeness (QED) is 0.622. The van der Waals surface area contributed by atoms with Gasteiger partial charge in [0, 0.05) is 19.3 Å². The molecule has 0 bridgehead atoms. The van der Waals surface area contributed by atoms with Crippen molar-refractivity contribution in [3.05, 3.63) is 54.3 Å². The lowest BCUT2D eigenvalue weighted by molar-refractivity contribution is -0.116. The van der Waals surface area contributed by atoms with Crippen LogP contribution in [0.15, 0.2) is 53.7 Å². The van der Waals surface area contributed by atoms with Crippen LogP contribution in [0.3, 0.4) is 0 Å². The minimum Gasteiger partial charge on any atom is -0.322 e. The van der Waals surface area contributed by atoms with E-state index in [0.29, 0.717) is 5.69 Å². The molecule has 5 nitrogen and oxygen atoms in total. The molecule has 1 aromatic heterocycles. The summed E-state index contributed by atoms with van der Waals surface area (Å²) in [5, 5.41) is 9.60. The molecule has 0 saturated carbocycles. The summed E-state index contributed by atoms with van der Waals surface area (Å²) in [5.74, 6) is -0.334. The summed E-state index contributed by atoms with van der Waals surface area (Å²) in [7, 11) is 1.91. The van der Waals surface area contributed by atoms with Gasteiger partial charge in [0.1, 0.15) is 5.82 Å². The Hall–Kier alpha value is -2.85. The van der Waals surface area contributed by atoms with Crippen LogP contribution in [0.25, 0.3) is 11.0 Å². The number of hydrogen-bond acceptors (Lipinski definition) is 4. The number of carbonyl (C=O) groups excluding carboxylic acids is 1. The van der Waals surface area contributed by atoms with Crippen molar-refractivity contribution < 1.29 is 9.18 Å². The van der Waals surface area contributed by atoms with E-state index in [2.05, 4.69) is 4.98 Å². The first-order chi connectivity index (χ1) is 12.6. The predicted octanol–water partition coefficient (Wildman–Crippen LogP) is 3.75. The summed E-state index contributed by atoms with van der Waals surface area (Å²) in [6, 6.07) is 15.5. The maximum absolute atomic E-state index is 13.1. The minimum absolute atomic E-state index is 0.149. The second-order valence-electron chi connectivity index (χ2n) is 5.66. The number of fused-ring (bicyclic) bond motifs is 1. The summed E-state index contributed by atoms with van der Waals surface area (Å²) < 4.78 is 15.1. The van der Waals surface area contributed by atoms with Gasteiger partial charge >= 0.3 is 0 Å². The molecular weight excluding hydrogens is 351 g/mol. The van der Waals surface area contributed by atoms with Gasteiger partial charge in [-0.3, -0.25) is 4.79 Å². The molecule has 0 radical (unpaired) electrons. The lowest BCUT2D eigenvalue weighted by Gasteiger charge is -2.21. The van der Waals surface area contributed by atoms with Crippen molar-refractivity contribution in [2.75, 3.05) is 17.2 Å². The number of thioether (sulfide) groups is 1. The fraction of sp³-hybridized carbons (Fsp3) is 0.211. The van der Waals surface area contributed by atoms with Gasteiger partial charge in [0.25, 0.3) is 0 Å². The van der Waals surface area contributed by atoms with Gasteiger partial charge in [-0.25, -0.2) is 9.37 Å². The van der Waals surface area contributed by atoms with E-state index in [1.54, 1.807) is 12.1 Å². The van der Waals surface area contributed by atoms with Crippen molar-refractivity contribution >= 4 is 34.4 Å². The van der Waals surface area contributed by atoms with E-state index in [4.69, 9.17) is 5.26 Å². The predicted molar refractivity (Wildman–Crippen MR) is 100 cm³/mol. The fourth-order valence-electron chi connectivity index (χ4n) is 2.64. The molecule has 0 N–H and O–H groups in total. The number of rotatable bonds is 6. The Bertz CT molecular complexity index is 962. The molecular formula is C19H17FN4OS. The zero-order valence-corrected chi connectivity index (χ0v) is 15.0. The average Bonchev–Trinajstić information content (AvgIpc) is 2.98. The third-order valence-corrected chi connectivity index (χ3v) is 4.97. The molecule has 0 saturated heterocycles. The van der Waals surface area contributed by atoms with E-state index < -0.39 is 0 Å². The van der Waals surface area contributed by atoms with Crippen molar-refractivity contribution in [1.29, 1.82) is 5.26 Å². The van der Waals surface area contributed by atoms with Crippen LogP contribution in [0.2, 0.25) is 0 Å². The average molecular weight is 368 g/mol. The normalized spacial score (nSPS) is 10.7. The zero-order chi connectivity index (χ0) is 18.5. The van der Waals surface area contributed by atoms with Gasteiger partial charge < -0.3 is 9.47 Å². The highest BCUT2D eigenvalue weighted by atomic mass is 32.2. The van der Waals surface area contributed by atoms with Crippen LogP contribution < -0.4 is 4.90 Å². The van der Waals surface area contributed by atoms with Gasteiger partial charge in [0.2, 0.25) is 5.91 Å². The highest BCUT2D eigenvalue weighted by Gasteiger charge is 2.17. The molecule has 2 aromatic carbocycles. The summed E-state index contributed by atoms with van der Waals surface area (Å²) in [6.07, 6.45) is 0.208. The molecule has 0 fully saturated rings. The largest absolute Gasteiger partial charge is 0.322 e. The summed E-state index contributed by atoms with van der Waals surface area (Å²) in [5.41, 5.74) is 2.46. The van der Waals surface area contributed by atoms with Crippen LogP contribution in [0, 0.1) is 17.1 Å². The van der Waals surface area contributed by atoms with Gasteiger partial charge in [-0.05, 0) is 36.4 Å². The second kappa shape index (κ2) is 8.02. The maximum atomic E-state index is 13.1. The molecule has 7 heteroatoms. The number of imidazole rings is 1. The topological polar surface area (TPSA) is 61.9 Å². The molecule has 0 atom stereocenters. The molecule has 3 rings (SSSR count). The minimum atomic E-state index is -0.365. The number of anilines is 1. The SMILES string of the molecule is Cn1c(SCC(=O)N(CCC#N)c2ccc(F)cc2)nc2ccccc21. The number of aromatic nitrogens is 2. The van der Waals surface area contributed by atoms with Crippen molar-refractivity contribution in [3.8, 4) is 6.07 Å². The first kappa shape index (κ1) is 18.0. The lowest BCUT2D eigenvalue weighted by atomic mass is 10.2. The summed E-state index contributed by atoms with van der Waals surface area (Å²) in [6.45, 7) is 0.268. The molecule has 0 unspecified atom stereocenters. The van der Waals surface area contributed by atoms with Crippen molar-refractivity contribution in [2.24, 2.45) is 7.05 Å². The molecule has 0 aliphatic rings. The van der Waals surface area contributed by atoms with Crippen LogP contribution in [-0.4, -0.2) is 27.8 Å². The number of halogens is 1. The number of aryl methyl sites for hydroxylation is 1. The lowest BCUT2D eigenvalue weighted by Crippen LogP contribution is -2.33. The van der Waals surface area contributed by atoms with Gasteiger partial charge in [-0.1, -0.05) is 23.9 Å². The Morgan fingerprint density at radius 3 is 2.69 bits per heavy atom. The van der Waals surface area contributed by atoms with E-state index in [-0.39, 0.29) is 30.4 Å². The number of nitriles is 1. The highest BCUT2D eigenvalue weighted by molar-refractivity contribution is 7.99. The first-order valence-corrected chi connectivity index (χ1v) is 9.06. The van der Waals surface area contributed by atoms with Crippen LogP contribution in [0.4, 0.5) is 10.1 Å². The van der Waals surface area contributed by atoms with Gasteiger partial charge in [-0.15, -0.1) is 0 Å². The van der Waals surface area contributed by atoms with Gasteiger partial charge in [-0.2, -0.15) is 5.26 Å². The van der Waals surface area contributed by atoms with Crippen molar-refractivity contribution in [1.82, 2.24) is 9.55 Å². The number of para-hydroxylation sites is 2. The van der Waals surface area contributed by atoms with E-state index in [9.17, 15) is 9.18 Å². The van der Waals surface area contributed by atoms with Crippen molar-refractivity contribution in [2.45, 2.75) is 11.6 Å². The smallest absolute Gasteiger partial charge is 0.237 e. The maximum Gasteiger partial charge on any atom is 0.237 e. The van der Waals surface area contributed by atoms with E-state index in [0.717, 1.165) is 16.2 Å². The zero-order valence-electron chi connectivity index (χ0n) is 14.2. The summed E-state index contributed by atoms with van der Waals surface area (Å²) >= 11 is 1.34. The standard InChI is InChI=1S/C19H17FN4OS/c1-23-17-6-3-2-5-16(17)22-19(23)26-13-18(25)24(12-4-11-21)15-9-7-14(20)8-10-15/h2-3,5-10H,4,12-13H2,1H3. The Balaban J connectivity index is 1.75. The van der Waals surface area contributed by atoms with Gasteiger partial charge in [0.15, 0.2) is 5.16 Å². The monoisotopic (exact) mass is 368 g/mol. The molecule has 0 spiro atoms. The molecule has 3 aromatic rings. The number of benzene rings is 2. The van der Waals surface area contributed by atoms with Gasteiger partial charge in [0.05, 0.1) is 29.3 Å². The fourth-order valence-corrected chi connectivity index (χ4v) is 3.50. The van der Waals surface area contributed by atoms with Crippen LogP contribution in [-0.2, 0) is 11.8 Å². The Morgan fingerprint density at radius 2 is 2.00 bits per heavy atom. The molecule has 0 aliphatic carbocycles. The first-order valence-electron chi connectivity index (χ1n) is 8.07. The molecule has 0 aliphatic heterocycles. The van der Waals surface area contributed by atoms with E-state index in [1.165, 1.54) is 28.8 Å². The molecule has 1 amide bonds. The molecule has 26 heavy (non-hydrogen) atoms. The van der Waals surface area contributed by atoms with Crippen molar-refractivity contribution in [3.63, 3.8) is 0 Å². The number of carbonyl (C=O) groups is 1. The summed E-state index contributed by atoms with van der Waals surface area (Å²) in [4.78, 5) is 18.8. The Morgan fingerprint density at radius 1 is 1.27 bits per heavy atom. The van der Waals surface area contributed by atoms with E-state index >= 15 is 0 Å². The van der Waals surface area contributed by atoms with Crippen LogP contribution >= 0.6 is 11.8 Å². The number of hydrogen-bond donors (Lipinski definition) is 0. The Kier molecular flexibility index (Phi) is 5.54. The highest BCUT2D eigenvalue weighted by Crippen LogP contribution is 2.24. The molecule has 132 valence electrons. The van der Waals surface area contributed by atoms with Crippen LogP contribution in [0.5, 0.6) is 0 Å². The van der Waals surface area contributed by atoms with Crippen LogP contribution in [0.1, 0.15) is 6.42 Å². The van der Waals surface area contributed by atoms with E-state index in [1.807, 2.05) is 41.9 Å². The third kappa shape index (κ3) is 3.86. The third-order valence-electron chi connectivity index (χ3n) is 3.96. The second-order valence-corrected chi connectivity index (χ2v) is 6.60. The number of nitrogens with zero attached hydrogens (tertiary/aromatic N) is 4.